The van der Waals surface area contributed by atoms with Crippen LogP contribution in [0.2, 0.25) is 5.02 Å². The number of hydrogen-bond acceptors (Lipinski definition) is 4. The number of nitrogens with zero attached hydrogens (tertiary/aromatic N) is 3. The summed E-state index contributed by atoms with van der Waals surface area (Å²) in [6.07, 6.45) is 1.58. The highest BCUT2D eigenvalue weighted by atomic mass is 35.5. The normalized spacial score (nSPS) is 10.3. The summed E-state index contributed by atoms with van der Waals surface area (Å²) in [5.74, 6) is 0.811. The number of aromatic amines is 1. The molecule has 0 radical (unpaired) electrons. The molecule has 0 amide bonds. The van der Waals surface area contributed by atoms with Crippen molar-refractivity contribution < 1.29 is 4.52 Å². The average molecular weight is 271 g/mol. The molecule has 0 bridgehead atoms. The van der Waals surface area contributed by atoms with Gasteiger partial charge in [0, 0.05) is 16.8 Å². The van der Waals surface area contributed by atoms with Crippen LogP contribution in [0.25, 0.3) is 23.0 Å². The number of rotatable bonds is 2. The third kappa shape index (κ3) is 2.21. The third-order valence-electron chi connectivity index (χ3n) is 2.57. The van der Waals surface area contributed by atoms with Crippen LogP contribution in [-0.2, 0) is 0 Å². The Morgan fingerprint density at radius 3 is 2.74 bits per heavy atom. The largest absolute Gasteiger partial charge is 0.356 e. The van der Waals surface area contributed by atoms with Gasteiger partial charge in [-0.1, -0.05) is 16.8 Å². The van der Waals surface area contributed by atoms with Crippen molar-refractivity contribution in [3.63, 3.8) is 0 Å². The number of hydrogen-bond donors (Lipinski definition) is 1. The Hall–Kier alpha value is -2.58. The number of nitrogens with one attached hydrogen (secondary N) is 1. The molecule has 0 aliphatic carbocycles. The van der Waals surface area contributed by atoms with E-state index in [1.165, 1.54) is 0 Å². The Bertz CT molecular complexity index is 752. The lowest BCUT2D eigenvalue weighted by atomic mass is 10.2. The minimum absolute atomic E-state index is 0.339. The molecule has 0 spiro atoms. The lowest BCUT2D eigenvalue weighted by Gasteiger charge is -1.93. The van der Waals surface area contributed by atoms with Crippen molar-refractivity contribution in [3.05, 3.63) is 47.1 Å². The Morgan fingerprint density at radius 2 is 2.05 bits per heavy atom. The summed E-state index contributed by atoms with van der Waals surface area (Å²) >= 11 is 5.82. The maximum Gasteiger partial charge on any atom is 0.274 e. The number of nitriles is 1. The summed E-state index contributed by atoms with van der Waals surface area (Å²) in [5.41, 5.74) is 1.94. The first-order valence-electron chi connectivity index (χ1n) is 5.45. The van der Waals surface area contributed by atoms with E-state index in [-0.39, 0.29) is 0 Å². The molecular weight excluding hydrogens is 264 g/mol. The summed E-state index contributed by atoms with van der Waals surface area (Å²) in [5, 5.41) is 13.3. The molecule has 0 aliphatic rings. The number of benzene rings is 1. The van der Waals surface area contributed by atoms with Crippen LogP contribution in [-0.4, -0.2) is 15.1 Å². The van der Waals surface area contributed by atoms with Crippen LogP contribution in [0.1, 0.15) is 5.56 Å². The van der Waals surface area contributed by atoms with E-state index in [0.29, 0.717) is 28.0 Å². The molecule has 0 fully saturated rings. The van der Waals surface area contributed by atoms with Crippen molar-refractivity contribution in [2.75, 3.05) is 0 Å². The van der Waals surface area contributed by atoms with Crippen LogP contribution in [0.4, 0.5) is 0 Å². The molecule has 3 aromatic rings. The summed E-state index contributed by atoms with van der Waals surface area (Å²) in [7, 11) is 0. The molecule has 3 rings (SSSR count). The highest BCUT2D eigenvalue weighted by molar-refractivity contribution is 6.30. The van der Waals surface area contributed by atoms with Gasteiger partial charge in [0.15, 0.2) is 0 Å². The quantitative estimate of drug-likeness (QED) is 0.775. The summed E-state index contributed by atoms with van der Waals surface area (Å²) in [6.45, 7) is 0. The van der Waals surface area contributed by atoms with Crippen molar-refractivity contribution in [2.45, 2.75) is 0 Å². The molecular formula is C13H7ClN4O. The van der Waals surface area contributed by atoms with E-state index in [4.69, 9.17) is 21.4 Å². The first kappa shape index (κ1) is 11.5. The first-order valence-corrected chi connectivity index (χ1v) is 5.82. The predicted molar refractivity (Wildman–Crippen MR) is 69.2 cm³/mol. The maximum atomic E-state index is 8.76. The van der Waals surface area contributed by atoms with Gasteiger partial charge in [0.25, 0.3) is 5.89 Å². The topological polar surface area (TPSA) is 78.5 Å². The second-order valence-electron chi connectivity index (χ2n) is 3.84. The second kappa shape index (κ2) is 4.59. The summed E-state index contributed by atoms with van der Waals surface area (Å²) < 4.78 is 5.16. The SMILES string of the molecule is N#Cc1c[nH]c(-c2nc(-c3ccc(Cl)cc3)no2)c1. The zero-order valence-electron chi connectivity index (χ0n) is 9.59. The van der Waals surface area contributed by atoms with E-state index >= 15 is 0 Å². The van der Waals surface area contributed by atoms with Gasteiger partial charge in [-0.25, -0.2) is 0 Å². The van der Waals surface area contributed by atoms with Crippen LogP contribution in [0.5, 0.6) is 0 Å². The van der Waals surface area contributed by atoms with Gasteiger partial charge < -0.3 is 9.51 Å². The molecule has 5 nitrogen and oxygen atoms in total. The van der Waals surface area contributed by atoms with E-state index in [9.17, 15) is 0 Å². The lowest BCUT2D eigenvalue weighted by Crippen LogP contribution is -1.80. The second-order valence-corrected chi connectivity index (χ2v) is 4.28. The molecule has 1 N–H and O–H groups in total. The van der Waals surface area contributed by atoms with E-state index in [0.717, 1.165) is 5.56 Å². The molecule has 0 unspecified atom stereocenters. The highest BCUT2D eigenvalue weighted by Crippen LogP contribution is 2.22. The van der Waals surface area contributed by atoms with E-state index in [2.05, 4.69) is 15.1 Å². The molecule has 0 atom stereocenters. The van der Waals surface area contributed by atoms with Gasteiger partial charge in [0.05, 0.1) is 5.56 Å². The lowest BCUT2D eigenvalue weighted by molar-refractivity contribution is 0.431. The van der Waals surface area contributed by atoms with Gasteiger partial charge in [-0.2, -0.15) is 10.2 Å². The average Bonchev–Trinajstić information content (AvgIpc) is 3.08. The Kier molecular flexibility index (Phi) is 2.78. The molecule has 0 saturated carbocycles. The number of aromatic nitrogens is 3. The Balaban J connectivity index is 1.95. The van der Waals surface area contributed by atoms with E-state index in [1.807, 2.05) is 18.2 Å². The van der Waals surface area contributed by atoms with Crippen LogP contribution in [0, 0.1) is 11.3 Å². The van der Waals surface area contributed by atoms with Gasteiger partial charge >= 0.3 is 0 Å². The van der Waals surface area contributed by atoms with Crippen LogP contribution < -0.4 is 0 Å². The summed E-state index contributed by atoms with van der Waals surface area (Å²) in [4.78, 5) is 7.17. The molecule has 0 aliphatic heterocycles. The van der Waals surface area contributed by atoms with Crippen molar-refractivity contribution >= 4 is 11.6 Å². The van der Waals surface area contributed by atoms with E-state index < -0.39 is 0 Å². The van der Waals surface area contributed by atoms with Crippen LogP contribution in [0.3, 0.4) is 0 Å². The Labute approximate surface area is 113 Å². The van der Waals surface area contributed by atoms with Gasteiger partial charge in [-0.3, -0.25) is 0 Å². The fraction of sp³-hybridized carbons (Fsp3) is 0. The van der Waals surface area contributed by atoms with Crippen LogP contribution >= 0.6 is 11.6 Å². The van der Waals surface area contributed by atoms with E-state index in [1.54, 1.807) is 24.4 Å². The standard InChI is InChI=1S/C13H7ClN4O/c14-10-3-1-9(2-4-10)12-17-13(19-18-12)11-5-8(6-15)7-16-11/h1-5,7,16H. The van der Waals surface area contributed by atoms with Gasteiger partial charge in [0.2, 0.25) is 5.82 Å². The molecule has 2 aromatic heterocycles. The zero-order chi connectivity index (χ0) is 13.2. The predicted octanol–water partition coefficient (Wildman–Crippen LogP) is 3.26. The molecule has 2 heterocycles. The molecule has 19 heavy (non-hydrogen) atoms. The smallest absolute Gasteiger partial charge is 0.274 e. The molecule has 0 saturated heterocycles. The zero-order valence-corrected chi connectivity index (χ0v) is 10.3. The van der Waals surface area contributed by atoms with Crippen molar-refractivity contribution in [3.8, 4) is 29.0 Å². The Morgan fingerprint density at radius 1 is 1.26 bits per heavy atom. The van der Waals surface area contributed by atoms with Gasteiger partial charge in [-0.05, 0) is 30.3 Å². The van der Waals surface area contributed by atoms with Gasteiger partial charge in [-0.15, -0.1) is 0 Å². The monoisotopic (exact) mass is 270 g/mol. The summed E-state index contributed by atoms with van der Waals surface area (Å²) in [6, 6.07) is 10.8. The number of H-pyrrole nitrogens is 1. The fourth-order valence-corrected chi connectivity index (χ4v) is 1.76. The van der Waals surface area contributed by atoms with Crippen molar-refractivity contribution in [1.82, 2.24) is 15.1 Å². The van der Waals surface area contributed by atoms with Crippen molar-refractivity contribution in [2.24, 2.45) is 0 Å². The number of halogens is 1. The third-order valence-corrected chi connectivity index (χ3v) is 2.82. The molecule has 92 valence electrons. The van der Waals surface area contributed by atoms with Gasteiger partial charge in [0.1, 0.15) is 11.8 Å². The fourth-order valence-electron chi connectivity index (χ4n) is 1.63. The molecule has 1 aromatic carbocycles. The molecule has 6 heteroatoms. The minimum Gasteiger partial charge on any atom is -0.356 e. The minimum atomic E-state index is 0.339. The maximum absolute atomic E-state index is 8.76. The first-order chi connectivity index (χ1) is 9.26. The van der Waals surface area contributed by atoms with Crippen LogP contribution in [0.15, 0.2) is 41.1 Å². The van der Waals surface area contributed by atoms with Crippen molar-refractivity contribution in [1.29, 1.82) is 5.26 Å². The highest BCUT2D eigenvalue weighted by Gasteiger charge is 2.12.